The molecule has 0 aliphatic rings. The van der Waals surface area contributed by atoms with Gasteiger partial charge in [-0.15, -0.1) is 11.3 Å². The lowest BCUT2D eigenvalue weighted by molar-refractivity contribution is 0.0527. The van der Waals surface area contributed by atoms with Gasteiger partial charge in [-0.3, -0.25) is 4.79 Å². The van der Waals surface area contributed by atoms with Gasteiger partial charge in [0, 0.05) is 5.02 Å². The molecular weight excluding hydrogens is 282 g/mol. The van der Waals surface area contributed by atoms with E-state index in [-0.39, 0.29) is 12.5 Å². The van der Waals surface area contributed by atoms with E-state index in [0.29, 0.717) is 15.5 Å². The zero-order valence-corrected chi connectivity index (χ0v) is 12.0. The van der Waals surface area contributed by atoms with E-state index >= 15 is 0 Å². The minimum Gasteiger partial charge on any atom is -0.384 e. The fourth-order valence-corrected chi connectivity index (χ4v) is 2.42. The number of amides is 1. The Bertz CT molecular complexity index is 549. The van der Waals surface area contributed by atoms with Gasteiger partial charge >= 0.3 is 0 Å². The van der Waals surface area contributed by atoms with Crippen LogP contribution >= 0.6 is 22.9 Å². The number of hydrogen-bond acceptors (Lipinski definition) is 3. The van der Waals surface area contributed by atoms with E-state index in [1.165, 1.54) is 11.3 Å². The molecule has 1 aromatic heterocycles. The number of thiophene rings is 1. The SMILES string of the molecule is CC(O)(CNC(=O)c1cccs1)c1ccc(Cl)cc1. The predicted octanol–water partition coefficient (Wildman–Crippen LogP) is 3.04. The molecule has 19 heavy (non-hydrogen) atoms. The highest BCUT2D eigenvalue weighted by Crippen LogP contribution is 2.22. The van der Waals surface area contributed by atoms with Crippen LogP contribution in [-0.2, 0) is 5.60 Å². The van der Waals surface area contributed by atoms with Crippen LogP contribution in [0.25, 0.3) is 0 Å². The summed E-state index contributed by atoms with van der Waals surface area (Å²) in [7, 11) is 0. The summed E-state index contributed by atoms with van der Waals surface area (Å²) in [5, 5.41) is 15.5. The van der Waals surface area contributed by atoms with Crippen LogP contribution in [0.5, 0.6) is 0 Å². The number of carbonyl (C=O) groups excluding carboxylic acids is 1. The molecule has 1 unspecified atom stereocenters. The summed E-state index contributed by atoms with van der Waals surface area (Å²) in [6.07, 6.45) is 0. The molecule has 1 atom stereocenters. The van der Waals surface area contributed by atoms with E-state index in [1.54, 1.807) is 37.3 Å². The Hall–Kier alpha value is -1.36. The maximum Gasteiger partial charge on any atom is 0.261 e. The van der Waals surface area contributed by atoms with E-state index < -0.39 is 5.60 Å². The van der Waals surface area contributed by atoms with Crippen molar-refractivity contribution in [1.82, 2.24) is 5.32 Å². The van der Waals surface area contributed by atoms with E-state index in [9.17, 15) is 9.90 Å². The number of hydrogen-bond donors (Lipinski definition) is 2. The van der Waals surface area contributed by atoms with Crippen LogP contribution in [0.3, 0.4) is 0 Å². The van der Waals surface area contributed by atoms with Crippen LogP contribution in [0.1, 0.15) is 22.2 Å². The van der Waals surface area contributed by atoms with Crippen molar-refractivity contribution < 1.29 is 9.90 Å². The minimum atomic E-state index is -1.13. The Kier molecular flexibility index (Phi) is 4.24. The van der Waals surface area contributed by atoms with Gasteiger partial charge in [-0.05, 0) is 36.1 Å². The van der Waals surface area contributed by atoms with Crippen LogP contribution < -0.4 is 5.32 Å². The van der Waals surface area contributed by atoms with Crippen molar-refractivity contribution in [3.05, 3.63) is 57.2 Å². The molecule has 5 heteroatoms. The molecule has 0 radical (unpaired) electrons. The second-order valence-corrected chi connectivity index (χ2v) is 5.82. The zero-order valence-electron chi connectivity index (χ0n) is 10.4. The number of halogens is 1. The van der Waals surface area contributed by atoms with Crippen molar-refractivity contribution in [1.29, 1.82) is 0 Å². The van der Waals surface area contributed by atoms with Crippen molar-refractivity contribution in [3.63, 3.8) is 0 Å². The summed E-state index contributed by atoms with van der Waals surface area (Å²) in [6, 6.07) is 10.5. The Morgan fingerprint density at radius 1 is 1.37 bits per heavy atom. The molecule has 1 heterocycles. The number of carbonyl (C=O) groups is 1. The van der Waals surface area contributed by atoms with Crippen molar-refractivity contribution in [2.24, 2.45) is 0 Å². The van der Waals surface area contributed by atoms with Crippen molar-refractivity contribution in [2.75, 3.05) is 6.54 Å². The second kappa shape index (κ2) is 5.74. The predicted molar refractivity (Wildman–Crippen MR) is 77.7 cm³/mol. The average Bonchev–Trinajstić information content (AvgIpc) is 2.90. The highest BCUT2D eigenvalue weighted by molar-refractivity contribution is 7.12. The Labute approximate surface area is 120 Å². The van der Waals surface area contributed by atoms with Gasteiger partial charge in [0.2, 0.25) is 0 Å². The molecule has 1 amide bonds. The third-order valence-corrected chi connectivity index (χ3v) is 3.92. The fraction of sp³-hybridized carbons (Fsp3) is 0.214. The molecule has 0 spiro atoms. The van der Waals surface area contributed by atoms with Gasteiger partial charge in [0.15, 0.2) is 0 Å². The van der Waals surface area contributed by atoms with Gasteiger partial charge in [0.1, 0.15) is 5.60 Å². The lowest BCUT2D eigenvalue weighted by atomic mass is 9.96. The molecule has 0 saturated carbocycles. The molecule has 0 bridgehead atoms. The highest BCUT2D eigenvalue weighted by atomic mass is 35.5. The molecule has 0 saturated heterocycles. The van der Waals surface area contributed by atoms with E-state index in [2.05, 4.69) is 5.32 Å². The minimum absolute atomic E-state index is 0.144. The first kappa shape index (κ1) is 14.1. The van der Waals surface area contributed by atoms with Crippen molar-refractivity contribution >= 4 is 28.8 Å². The third kappa shape index (κ3) is 3.56. The normalized spacial score (nSPS) is 13.8. The van der Waals surface area contributed by atoms with Gasteiger partial charge in [0.25, 0.3) is 5.91 Å². The molecule has 1 aromatic carbocycles. The van der Waals surface area contributed by atoms with Crippen molar-refractivity contribution in [2.45, 2.75) is 12.5 Å². The molecular formula is C14H14ClNO2S. The standard InChI is InChI=1S/C14H14ClNO2S/c1-14(18,10-4-6-11(15)7-5-10)9-16-13(17)12-3-2-8-19-12/h2-8,18H,9H2,1H3,(H,16,17). The van der Waals surface area contributed by atoms with Gasteiger partial charge in [-0.25, -0.2) is 0 Å². The lowest BCUT2D eigenvalue weighted by Gasteiger charge is -2.24. The van der Waals surface area contributed by atoms with Crippen LogP contribution in [-0.4, -0.2) is 17.6 Å². The maximum atomic E-state index is 11.8. The summed E-state index contributed by atoms with van der Waals surface area (Å²) in [5.41, 5.74) is -0.416. The lowest BCUT2D eigenvalue weighted by Crippen LogP contribution is -2.38. The Balaban J connectivity index is 2.01. The molecule has 100 valence electrons. The fourth-order valence-electron chi connectivity index (χ4n) is 1.66. The van der Waals surface area contributed by atoms with E-state index in [0.717, 1.165) is 0 Å². The summed E-state index contributed by atoms with van der Waals surface area (Å²) < 4.78 is 0. The smallest absolute Gasteiger partial charge is 0.261 e. The molecule has 0 fully saturated rings. The first-order chi connectivity index (χ1) is 8.99. The van der Waals surface area contributed by atoms with Gasteiger partial charge < -0.3 is 10.4 Å². The van der Waals surface area contributed by atoms with Crippen LogP contribution in [0.15, 0.2) is 41.8 Å². The zero-order chi connectivity index (χ0) is 13.9. The Morgan fingerprint density at radius 2 is 2.05 bits per heavy atom. The number of nitrogens with one attached hydrogen (secondary N) is 1. The Morgan fingerprint density at radius 3 is 2.63 bits per heavy atom. The van der Waals surface area contributed by atoms with Gasteiger partial charge in [-0.2, -0.15) is 0 Å². The molecule has 0 aliphatic heterocycles. The summed E-state index contributed by atoms with van der Waals surface area (Å²) in [6.45, 7) is 1.80. The van der Waals surface area contributed by atoms with E-state index in [4.69, 9.17) is 11.6 Å². The molecule has 2 rings (SSSR count). The first-order valence-corrected chi connectivity index (χ1v) is 7.05. The number of benzene rings is 1. The average molecular weight is 296 g/mol. The molecule has 0 aliphatic carbocycles. The van der Waals surface area contributed by atoms with Crippen LogP contribution in [0.2, 0.25) is 5.02 Å². The van der Waals surface area contributed by atoms with Gasteiger partial charge in [0.05, 0.1) is 11.4 Å². The molecule has 2 aromatic rings. The van der Waals surface area contributed by atoms with Crippen LogP contribution in [0, 0.1) is 0 Å². The highest BCUT2D eigenvalue weighted by Gasteiger charge is 2.24. The second-order valence-electron chi connectivity index (χ2n) is 4.44. The van der Waals surface area contributed by atoms with Crippen molar-refractivity contribution in [3.8, 4) is 0 Å². The summed E-state index contributed by atoms with van der Waals surface area (Å²) in [4.78, 5) is 12.4. The first-order valence-electron chi connectivity index (χ1n) is 5.79. The monoisotopic (exact) mass is 295 g/mol. The maximum absolute atomic E-state index is 11.8. The summed E-state index contributed by atoms with van der Waals surface area (Å²) >= 11 is 7.18. The molecule has 3 nitrogen and oxygen atoms in total. The van der Waals surface area contributed by atoms with Crippen LogP contribution in [0.4, 0.5) is 0 Å². The summed E-state index contributed by atoms with van der Waals surface area (Å²) in [5.74, 6) is -0.177. The number of aliphatic hydroxyl groups is 1. The quantitative estimate of drug-likeness (QED) is 0.911. The largest absolute Gasteiger partial charge is 0.384 e. The number of rotatable bonds is 4. The van der Waals surface area contributed by atoms with Gasteiger partial charge in [-0.1, -0.05) is 29.8 Å². The molecule has 2 N–H and O–H groups in total. The topological polar surface area (TPSA) is 49.3 Å². The van der Waals surface area contributed by atoms with E-state index in [1.807, 2.05) is 11.4 Å². The third-order valence-electron chi connectivity index (χ3n) is 2.80.